The molecule has 0 bridgehead atoms. The van der Waals surface area contributed by atoms with Gasteiger partial charge in [-0.1, -0.05) is 32.6 Å². The van der Waals surface area contributed by atoms with Crippen LogP contribution in [0.5, 0.6) is 0 Å². The second-order valence-electron chi connectivity index (χ2n) is 4.01. The number of thioether (sulfide) groups is 1. The Morgan fingerprint density at radius 1 is 1.39 bits per heavy atom. The molecule has 0 fully saturated rings. The van der Waals surface area contributed by atoms with Gasteiger partial charge in [-0.2, -0.15) is 0 Å². The molecule has 0 spiro atoms. The van der Waals surface area contributed by atoms with E-state index >= 15 is 0 Å². The Hall–Kier alpha value is -1.88. The number of aliphatic carboxylic acids is 1. The largest absolute Gasteiger partial charge is 0.478 e. The zero-order chi connectivity index (χ0) is 18.3. The van der Waals surface area contributed by atoms with Gasteiger partial charge in [-0.25, -0.2) is 4.79 Å². The van der Waals surface area contributed by atoms with Gasteiger partial charge in [-0.15, -0.1) is 11.8 Å². The minimum absolute atomic E-state index is 0.0143. The van der Waals surface area contributed by atoms with Crippen LogP contribution in [-0.4, -0.2) is 23.9 Å². The summed E-state index contributed by atoms with van der Waals surface area (Å²) >= 11 is 1.40. The Morgan fingerprint density at radius 2 is 2.00 bits per heavy atom. The van der Waals surface area contributed by atoms with Crippen molar-refractivity contribution in [1.29, 1.82) is 0 Å². The Kier molecular flexibility index (Phi) is 15.3. The first kappa shape index (κ1) is 23.4. The number of carboxylic acids is 1. The summed E-state index contributed by atoms with van der Waals surface area (Å²) in [5, 5.41) is 12.0. The van der Waals surface area contributed by atoms with Gasteiger partial charge in [0.25, 0.3) is 0 Å². The topological polar surface area (TPSA) is 58.6 Å². The molecule has 5 heteroatoms. The standard InChI is InChI=1S/C16H23NO3S.C2H6/c1-6-8-9-13(4)20-14(11-17-7-2)15(21-5)10-12(3)16(18)19;1-2/h6,8-11,17H,3,7H2,1-2,4-5H3,(H,18,19);1-2H3/b8-6-,13-9+,14-11-,15-10+;. The number of hydrogen-bond donors (Lipinski definition) is 2. The number of carboxylic acid groups (broad SMARTS) is 1. The fourth-order valence-corrected chi connectivity index (χ4v) is 1.80. The molecule has 0 aromatic carbocycles. The number of ether oxygens (including phenoxy) is 1. The minimum atomic E-state index is -1.05. The molecule has 0 aliphatic carbocycles. The first-order chi connectivity index (χ1) is 11.0. The van der Waals surface area contributed by atoms with E-state index in [9.17, 15) is 4.79 Å². The molecular formula is C18H29NO3S. The molecule has 0 unspecified atom stereocenters. The lowest BCUT2D eigenvalue weighted by atomic mass is 10.2. The molecule has 2 N–H and O–H groups in total. The lowest BCUT2D eigenvalue weighted by molar-refractivity contribution is -0.132. The van der Waals surface area contributed by atoms with E-state index in [1.165, 1.54) is 17.8 Å². The zero-order valence-electron chi connectivity index (χ0n) is 15.0. The molecule has 130 valence electrons. The molecule has 23 heavy (non-hydrogen) atoms. The minimum Gasteiger partial charge on any atom is -0.478 e. The molecule has 0 atom stereocenters. The predicted octanol–water partition coefficient (Wildman–Crippen LogP) is 4.85. The van der Waals surface area contributed by atoms with Crippen LogP contribution >= 0.6 is 11.8 Å². The number of carbonyl (C=O) groups is 1. The van der Waals surface area contributed by atoms with Crippen molar-refractivity contribution in [3.05, 3.63) is 59.1 Å². The maximum atomic E-state index is 10.9. The normalized spacial score (nSPS) is 12.5. The second kappa shape index (κ2) is 15.0. The van der Waals surface area contributed by atoms with Crippen molar-refractivity contribution in [2.75, 3.05) is 12.8 Å². The monoisotopic (exact) mass is 339 g/mol. The van der Waals surface area contributed by atoms with Gasteiger partial charge >= 0.3 is 5.97 Å². The highest BCUT2D eigenvalue weighted by Gasteiger charge is 2.10. The van der Waals surface area contributed by atoms with Gasteiger partial charge in [0.2, 0.25) is 0 Å². The summed E-state index contributed by atoms with van der Waals surface area (Å²) in [6.07, 6.45) is 10.7. The van der Waals surface area contributed by atoms with Crippen LogP contribution in [-0.2, 0) is 9.53 Å². The van der Waals surface area contributed by atoms with Crippen LogP contribution in [0.2, 0.25) is 0 Å². The van der Waals surface area contributed by atoms with Gasteiger partial charge in [0, 0.05) is 12.7 Å². The molecule has 0 aliphatic heterocycles. The molecular weight excluding hydrogens is 310 g/mol. The average molecular weight is 340 g/mol. The molecule has 0 aliphatic rings. The van der Waals surface area contributed by atoms with Crippen molar-refractivity contribution in [3.8, 4) is 0 Å². The van der Waals surface area contributed by atoms with Crippen LogP contribution in [0.15, 0.2) is 59.1 Å². The lowest BCUT2D eigenvalue weighted by Crippen LogP contribution is -2.07. The first-order valence-corrected chi connectivity index (χ1v) is 8.77. The van der Waals surface area contributed by atoms with Crippen molar-refractivity contribution in [3.63, 3.8) is 0 Å². The number of rotatable bonds is 9. The summed E-state index contributed by atoms with van der Waals surface area (Å²) < 4.78 is 5.77. The molecule has 0 aromatic rings. The number of hydrogen-bond acceptors (Lipinski definition) is 4. The number of allylic oxidation sites excluding steroid dienone is 4. The van der Waals surface area contributed by atoms with Crippen molar-refractivity contribution >= 4 is 17.7 Å². The lowest BCUT2D eigenvalue weighted by Gasteiger charge is -2.13. The maximum absolute atomic E-state index is 10.9. The van der Waals surface area contributed by atoms with Gasteiger partial charge in [-0.3, -0.25) is 0 Å². The third-order valence-electron chi connectivity index (χ3n) is 2.27. The summed E-state index contributed by atoms with van der Waals surface area (Å²) in [4.78, 5) is 11.6. The molecule has 0 saturated heterocycles. The van der Waals surface area contributed by atoms with E-state index < -0.39 is 5.97 Å². The van der Waals surface area contributed by atoms with Gasteiger partial charge in [0.15, 0.2) is 5.76 Å². The van der Waals surface area contributed by atoms with Gasteiger partial charge in [-0.05, 0) is 39.2 Å². The second-order valence-corrected chi connectivity index (χ2v) is 4.86. The molecule has 0 aromatic heterocycles. The predicted molar refractivity (Wildman–Crippen MR) is 101 cm³/mol. The molecule has 0 heterocycles. The van der Waals surface area contributed by atoms with Gasteiger partial charge < -0.3 is 15.2 Å². The van der Waals surface area contributed by atoms with Crippen LogP contribution in [0.4, 0.5) is 0 Å². The smallest absolute Gasteiger partial charge is 0.335 e. The quantitative estimate of drug-likeness (QED) is 0.357. The van der Waals surface area contributed by atoms with Crippen LogP contribution in [0, 0.1) is 0 Å². The molecule has 0 rings (SSSR count). The Labute approximate surface area is 144 Å². The van der Waals surface area contributed by atoms with E-state index in [4.69, 9.17) is 9.84 Å². The van der Waals surface area contributed by atoms with E-state index in [1.807, 2.05) is 59.1 Å². The van der Waals surface area contributed by atoms with Crippen LogP contribution < -0.4 is 5.32 Å². The van der Waals surface area contributed by atoms with Crippen molar-refractivity contribution < 1.29 is 14.6 Å². The summed E-state index contributed by atoms with van der Waals surface area (Å²) in [6, 6.07) is 0. The van der Waals surface area contributed by atoms with E-state index in [0.717, 1.165) is 6.54 Å². The molecule has 0 amide bonds. The molecule has 0 saturated carbocycles. The van der Waals surface area contributed by atoms with Crippen LogP contribution in [0.25, 0.3) is 0 Å². The summed E-state index contributed by atoms with van der Waals surface area (Å²) in [6.45, 7) is 14.0. The fourth-order valence-electron chi connectivity index (χ4n) is 1.24. The fraction of sp³-hybridized carbons (Fsp3) is 0.389. The summed E-state index contributed by atoms with van der Waals surface area (Å²) in [7, 11) is 0. The van der Waals surface area contributed by atoms with Gasteiger partial charge in [0.05, 0.1) is 10.5 Å². The number of nitrogens with one attached hydrogen (secondary N) is 1. The van der Waals surface area contributed by atoms with E-state index in [0.29, 0.717) is 16.4 Å². The SMILES string of the molecule is C=C(/C=C(SC)\C(=C\NCC)O/C(C)=C/C=C\C)C(=O)O.CC. The van der Waals surface area contributed by atoms with Crippen LogP contribution in [0.1, 0.15) is 34.6 Å². The molecule has 4 nitrogen and oxygen atoms in total. The van der Waals surface area contributed by atoms with Crippen molar-refractivity contribution in [2.24, 2.45) is 0 Å². The van der Waals surface area contributed by atoms with Crippen molar-refractivity contribution in [1.82, 2.24) is 5.32 Å². The third-order valence-corrected chi connectivity index (χ3v) is 3.03. The Morgan fingerprint density at radius 3 is 2.43 bits per heavy atom. The summed E-state index contributed by atoms with van der Waals surface area (Å²) in [5.41, 5.74) is 0.0143. The average Bonchev–Trinajstić information content (AvgIpc) is 2.56. The highest BCUT2D eigenvalue weighted by Crippen LogP contribution is 2.25. The summed E-state index contributed by atoms with van der Waals surface area (Å²) in [5.74, 6) is 0.216. The maximum Gasteiger partial charge on any atom is 0.335 e. The Bertz CT molecular complexity index is 488. The molecule has 0 radical (unpaired) electrons. The van der Waals surface area contributed by atoms with E-state index in [-0.39, 0.29) is 5.57 Å². The first-order valence-electron chi connectivity index (χ1n) is 7.55. The highest BCUT2D eigenvalue weighted by atomic mass is 32.2. The third kappa shape index (κ3) is 11.4. The van der Waals surface area contributed by atoms with Gasteiger partial charge in [0.1, 0.15) is 5.76 Å². The zero-order valence-corrected chi connectivity index (χ0v) is 15.8. The highest BCUT2D eigenvalue weighted by molar-refractivity contribution is 8.02. The Balaban J connectivity index is 0. The van der Waals surface area contributed by atoms with E-state index in [1.54, 1.807) is 6.20 Å². The van der Waals surface area contributed by atoms with E-state index in [2.05, 4.69) is 11.9 Å². The van der Waals surface area contributed by atoms with Crippen LogP contribution in [0.3, 0.4) is 0 Å². The van der Waals surface area contributed by atoms with Crippen molar-refractivity contribution in [2.45, 2.75) is 34.6 Å².